The summed E-state index contributed by atoms with van der Waals surface area (Å²) in [5.74, 6) is -1.33. The van der Waals surface area contributed by atoms with Crippen LogP contribution in [-0.2, 0) is 0 Å². The van der Waals surface area contributed by atoms with Crippen molar-refractivity contribution in [2.24, 2.45) is 0 Å². The normalized spacial score (nSPS) is 11.1. The van der Waals surface area contributed by atoms with Crippen LogP contribution in [0.25, 0.3) is 0 Å². The van der Waals surface area contributed by atoms with Crippen molar-refractivity contribution in [3.63, 3.8) is 0 Å². The number of hydrogen-bond acceptors (Lipinski definition) is 2. The van der Waals surface area contributed by atoms with Crippen LogP contribution >= 0.6 is 15.9 Å². The van der Waals surface area contributed by atoms with Gasteiger partial charge in [-0.15, -0.1) is 0 Å². The maximum atomic E-state index is 12.0. The molecule has 0 spiro atoms. The maximum Gasteiger partial charge on any atom is 0.335 e. The fourth-order valence-corrected chi connectivity index (χ4v) is 1.81. The third-order valence-electron chi connectivity index (χ3n) is 2.74. The summed E-state index contributed by atoms with van der Waals surface area (Å²) in [6.45, 7) is 5.81. The van der Waals surface area contributed by atoms with E-state index in [0.717, 1.165) is 6.42 Å². The van der Waals surface area contributed by atoms with E-state index in [0.29, 0.717) is 10.0 Å². The van der Waals surface area contributed by atoms with Gasteiger partial charge in [-0.25, -0.2) is 4.79 Å². The van der Waals surface area contributed by atoms with Gasteiger partial charge in [0.1, 0.15) is 0 Å². The Bertz CT molecular complexity index is 483. The highest BCUT2D eigenvalue weighted by atomic mass is 79.9. The minimum absolute atomic E-state index is 0.0869. The van der Waals surface area contributed by atoms with E-state index < -0.39 is 5.97 Å². The van der Waals surface area contributed by atoms with Gasteiger partial charge in [0.2, 0.25) is 0 Å². The molecule has 1 aromatic rings. The average molecular weight is 314 g/mol. The molecule has 98 valence electrons. The van der Waals surface area contributed by atoms with Crippen LogP contribution in [0.4, 0.5) is 0 Å². The molecule has 5 heteroatoms. The Morgan fingerprint density at radius 3 is 2.33 bits per heavy atom. The molecular weight excluding hydrogens is 298 g/mol. The van der Waals surface area contributed by atoms with Crippen molar-refractivity contribution in [1.29, 1.82) is 0 Å². The highest BCUT2D eigenvalue weighted by Gasteiger charge is 2.20. The number of hydrogen-bond donors (Lipinski definition) is 2. The Morgan fingerprint density at radius 2 is 1.83 bits per heavy atom. The van der Waals surface area contributed by atoms with Crippen LogP contribution < -0.4 is 5.32 Å². The van der Waals surface area contributed by atoms with Gasteiger partial charge in [0.25, 0.3) is 5.91 Å². The molecule has 0 heterocycles. The Labute approximate surface area is 115 Å². The number of nitrogens with one attached hydrogen (secondary N) is 1. The van der Waals surface area contributed by atoms with Crippen molar-refractivity contribution in [3.05, 3.63) is 33.8 Å². The molecule has 0 atom stereocenters. The summed E-state index contributed by atoms with van der Waals surface area (Å²) < 4.78 is 0.571. The summed E-state index contributed by atoms with van der Waals surface area (Å²) in [5.41, 5.74) is 0.107. The van der Waals surface area contributed by atoms with Crippen LogP contribution in [0.2, 0.25) is 0 Å². The summed E-state index contributed by atoms with van der Waals surface area (Å²) in [6, 6.07) is 4.44. The van der Waals surface area contributed by atoms with Crippen LogP contribution in [0.15, 0.2) is 22.7 Å². The number of carbonyl (C=O) groups excluding carboxylic acids is 1. The third-order valence-corrected chi connectivity index (χ3v) is 3.20. The lowest BCUT2D eigenvalue weighted by Gasteiger charge is -2.24. The first-order chi connectivity index (χ1) is 8.25. The summed E-state index contributed by atoms with van der Waals surface area (Å²) in [7, 11) is 0. The highest BCUT2D eigenvalue weighted by molar-refractivity contribution is 9.10. The second-order valence-corrected chi connectivity index (χ2v) is 5.64. The monoisotopic (exact) mass is 313 g/mol. The maximum absolute atomic E-state index is 12.0. The van der Waals surface area contributed by atoms with Gasteiger partial charge in [-0.05, 0) is 38.5 Å². The van der Waals surface area contributed by atoms with Crippen LogP contribution in [0.1, 0.15) is 47.9 Å². The van der Waals surface area contributed by atoms with Gasteiger partial charge in [-0.1, -0.05) is 22.9 Å². The molecule has 0 radical (unpaired) electrons. The Kier molecular flexibility index (Phi) is 4.51. The number of rotatable bonds is 4. The van der Waals surface area contributed by atoms with Crippen molar-refractivity contribution in [1.82, 2.24) is 5.32 Å². The predicted octanol–water partition coefficient (Wildman–Crippen LogP) is 3.07. The second-order valence-electron chi connectivity index (χ2n) is 4.73. The topological polar surface area (TPSA) is 66.4 Å². The van der Waals surface area contributed by atoms with Gasteiger partial charge in [0.05, 0.1) is 5.56 Å². The van der Waals surface area contributed by atoms with Crippen LogP contribution in [0.5, 0.6) is 0 Å². The lowest BCUT2D eigenvalue weighted by Crippen LogP contribution is -2.42. The average Bonchev–Trinajstić information content (AvgIpc) is 2.27. The lowest BCUT2D eigenvalue weighted by atomic mass is 10.0. The molecule has 0 bridgehead atoms. The number of carboxylic acids is 1. The number of halogens is 1. The van der Waals surface area contributed by atoms with Crippen molar-refractivity contribution in [2.75, 3.05) is 0 Å². The molecule has 0 saturated heterocycles. The summed E-state index contributed by atoms with van der Waals surface area (Å²) in [4.78, 5) is 22.9. The molecule has 18 heavy (non-hydrogen) atoms. The van der Waals surface area contributed by atoms with Gasteiger partial charge < -0.3 is 10.4 Å². The summed E-state index contributed by atoms with van der Waals surface area (Å²) >= 11 is 3.20. The fraction of sp³-hybridized carbons (Fsp3) is 0.385. The third kappa shape index (κ3) is 3.84. The number of benzene rings is 1. The zero-order valence-corrected chi connectivity index (χ0v) is 12.2. The number of aromatic carboxylic acids is 1. The Morgan fingerprint density at radius 1 is 1.28 bits per heavy atom. The molecule has 0 aliphatic carbocycles. The van der Waals surface area contributed by atoms with Gasteiger partial charge in [-0.2, -0.15) is 0 Å². The molecule has 0 unspecified atom stereocenters. The minimum Gasteiger partial charge on any atom is -0.478 e. The van der Waals surface area contributed by atoms with Crippen molar-refractivity contribution in [3.8, 4) is 0 Å². The zero-order valence-electron chi connectivity index (χ0n) is 10.6. The van der Waals surface area contributed by atoms with Gasteiger partial charge in [0, 0.05) is 15.6 Å². The lowest BCUT2D eigenvalue weighted by molar-refractivity contribution is 0.0697. The first-order valence-electron chi connectivity index (χ1n) is 5.61. The highest BCUT2D eigenvalue weighted by Crippen LogP contribution is 2.17. The Balaban J connectivity index is 3.03. The predicted molar refractivity (Wildman–Crippen MR) is 72.9 cm³/mol. The molecule has 0 saturated carbocycles. The molecule has 1 rings (SSSR count). The van der Waals surface area contributed by atoms with E-state index >= 15 is 0 Å². The van der Waals surface area contributed by atoms with Crippen LogP contribution in [0, 0.1) is 0 Å². The molecule has 0 fully saturated rings. The van der Waals surface area contributed by atoms with Crippen molar-refractivity contribution in [2.45, 2.75) is 32.7 Å². The smallest absolute Gasteiger partial charge is 0.335 e. The summed E-state index contributed by atoms with van der Waals surface area (Å²) in [5, 5.41) is 11.8. The van der Waals surface area contributed by atoms with Crippen LogP contribution in [0.3, 0.4) is 0 Å². The van der Waals surface area contributed by atoms with E-state index in [1.54, 1.807) is 6.07 Å². The first kappa shape index (κ1) is 14.7. The molecule has 4 nitrogen and oxygen atoms in total. The molecule has 0 aromatic heterocycles. The fourth-order valence-electron chi connectivity index (χ4n) is 1.31. The number of carboxylic acid groups (broad SMARTS) is 1. The van der Waals surface area contributed by atoms with Crippen molar-refractivity contribution >= 4 is 27.8 Å². The molecular formula is C13H16BrNO3. The van der Waals surface area contributed by atoms with Gasteiger partial charge in [-0.3, -0.25) is 4.79 Å². The van der Waals surface area contributed by atoms with Gasteiger partial charge >= 0.3 is 5.97 Å². The number of carbonyl (C=O) groups is 2. The minimum atomic E-state index is -1.06. The standard InChI is InChI=1S/C13H16BrNO3/c1-4-13(2,3)15-11(16)8-5-9(12(17)18)7-10(14)6-8/h5-7H,4H2,1-3H3,(H,15,16)(H,17,18). The van der Waals surface area contributed by atoms with E-state index in [9.17, 15) is 9.59 Å². The molecule has 2 N–H and O–H groups in total. The molecule has 0 aliphatic heterocycles. The van der Waals surface area contributed by atoms with E-state index in [1.807, 2.05) is 20.8 Å². The van der Waals surface area contributed by atoms with Crippen molar-refractivity contribution < 1.29 is 14.7 Å². The Hall–Kier alpha value is -1.36. The first-order valence-corrected chi connectivity index (χ1v) is 6.41. The van der Waals surface area contributed by atoms with E-state index in [2.05, 4.69) is 21.2 Å². The quantitative estimate of drug-likeness (QED) is 0.897. The largest absolute Gasteiger partial charge is 0.478 e. The summed E-state index contributed by atoms with van der Waals surface area (Å²) in [6.07, 6.45) is 0.790. The van der Waals surface area contributed by atoms with Crippen LogP contribution in [-0.4, -0.2) is 22.5 Å². The SMILES string of the molecule is CCC(C)(C)NC(=O)c1cc(Br)cc(C(=O)O)c1. The molecule has 0 aliphatic rings. The molecule has 1 aromatic carbocycles. The van der Waals surface area contributed by atoms with E-state index in [1.165, 1.54) is 12.1 Å². The second kappa shape index (κ2) is 5.52. The van der Waals surface area contributed by atoms with Gasteiger partial charge in [0.15, 0.2) is 0 Å². The van der Waals surface area contributed by atoms with E-state index in [4.69, 9.17) is 5.11 Å². The zero-order chi connectivity index (χ0) is 13.9. The molecule has 1 amide bonds. The van der Waals surface area contributed by atoms with E-state index in [-0.39, 0.29) is 17.0 Å². The number of amides is 1.